The van der Waals surface area contributed by atoms with Crippen molar-refractivity contribution in [2.45, 2.75) is 13.8 Å². The maximum absolute atomic E-state index is 12.0. The summed E-state index contributed by atoms with van der Waals surface area (Å²) in [4.78, 5) is 4.32. The second-order valence-electron chi connectivity index (χ2n) is 5.05. The molecule has 0 bridgehead atoms. The van der Waals surface area contributed by atoms with Gasteiger partial charge in [-0.25, -0.2) is 13.4 Å². The highest BCUT2D eigenvalue weighted by atomic mass is 35.5. The van der Waals surface area contributed by atoms with Crippen molar-refractivity contribution in [3.05, 3.63) is 35.2 Å². The number of thiazole rings is 1. The number of sulfonamides is 1. The lowest BCUT2D eigenvalue weighted by Gasteiger charge is -2.08. The normalized spacial score (nSPS) is 13.1. The molecule has 1 heterocycles. The van der Waals surface area contributed by atoms with Crippen LogP contribution in [0.25, 0.3) is 11.3 Å². The third-order valence-corrected chi connectivity index (χ3v) is 5.79. The van der Waals surface area contributed by atoms with E-state index in [0.717, 1.165) is 11.3 Å². The fraction of sp³-hybridized carbons (Fsp3) is 0.357. The van der Waals surface area contributed by atoms with Crippen molar-refractivity contribution in [3.63, 3.8) is 0 Å². The van der Waals surface area contributed by atoms with E-state index < -0.39 is 10.0 Å². The van der Waals surface area contributed by atoms with Gasteiger partial charge >= 0.3 is 0 Å². The highest BCUT2D eigenvalue weighted by Gasteiger charge is 2.17. The van der Waals surface area contributed by atoms with Crippen LogP contribution in [0.1, 0.15) is 12.5 Å². The van der Waals surface area contributed by atoms with Crippen molar-refractivity contribution in [1.82, 2.24) is 4.98 Å². The van der Waals surface area contributed by atoms with Crippen LogP contribution in [-0.4, -0.2) is 25.0 Å². The fourth-order valence-electron chi connectivity index (χ4n) is 1.77. The van der Waals surface area contributed by atoms with Crippen molar-refractivity contribution >= 4 is 38.1 Å². The molecule has 1 unspecified atom stereocenters. The number of hydrogen-bond donors (Lipinski definition) is 1. The molecule has 21 heavy (non-hydrogen) atoms. The van der Waals surface area contributed by atoms with Gasteiger partial charge in [-0.2, -0.15) is 0 Å². The fourth-order valence-corrected chi connectivity index (χ4v) is 4.41. The SMILES string of the molecule is Cc1ccc(-c2csc(NS(=O)(=O)CC(C)CCl)n2)cc1. The molecule has 0 aliphatic heterocycles. The maximum Gasteiger partial charge on any atom is 0.234 e. The molecule has 4 nitrogen and oxygen atoms in total. The van der Waals surface area contributed by atoms with Crippen LogP contribution in [0, 0.1) is 12.8 Å². The Morgan fingerprint density at radius 1 is 1.33 bits per heavy atom. The standard InChI is InChI=1S/C14H17ClN2O2S2/c1-10-3-5-12(6-4-10)13-8-20-14(16-13)17-21(18,19)9-11(2)7-15/h3-6,8,11H,7,9H2,1-2H3,(H,16,17). The van der Waals surface area contributed by atoms with Gasteiger partial charge < -0.3 is 0 Å². The van der Waals surface area contributed by atoms with Gasteiger partial charge in [0.1, 0.15) is 0 Å². The summed E-state index contributed by atoms with van der Waals surface area (Å²) >= 11 is 6.93. The van der Waals surface area contributed by atoms with E-state index in [4.69, 9.17) is 11.6 Å². The molecular formula is C14H17ClN2O2S2. The molecule has 2 aromatic rings. The van der Waals surface area contributed by atoms with E-state index in [0.29, 0.717) is 11.0 Å². The number of benzene rings is 1. The minimum Gasteiger partial charge on any atom is -0.259 e. The first kappa shape index (κ1) is 16.3. The average Bonchev–Trinajstić information content (AvgIpc) is 2.86. The number of nitrogens with one attached hydrogen (secondary N) is 1. The summed E-state index contributed by atoms with van der Waals surface area (Å²) in [6.07, 6.45) is 0. The third kappa shape index (κ3) is 4.69. The number of rotatable bonds is 6. The maximum atomic E-state index is 12.0. The lowest BCUT2D eigenvalue weighted by molar-refractivity contribution is 0.588. The predicted molar refractivity (Wildman–Crippen MR) is 89.6 cm³/mol. The van der Waals surface area contributed by atoms with Gasteiger partial charge in [0.25, 0.3) is 0 Å². The quantitative estimate of drug-likeness (QED) is 0.812. The molecule has 2 rings (SSSR count). The van der Waals surface area contributed by atoms with Gasteiger partial charge in [-0.05, 0) is 12.8 Å². The molecule has 7 heteroatoms. The van der Waals surface area contributed by atoms with Gasteiger partial charge in [0.2, 0.25) is 10.0 Å². The Balaban J connectivity index is 2.11. The summed E-state index contributed by atoms with van der Waals surface area (Å²) in [5.74, 6) is 0.212. The summed E-state index contributed by atoms with van der Waals surface area (Å²) < 4.78 is 26.4. The zero-order valence-electron chi connectivity index (χ0n) is 11.8. The van der Waals surface area contributed by atoms with Crippen molar-refractivity contribution in [2.24, 2.45) is 5.92 Å². The van der Waals surface area contributed by atoms with Gasteiger partial charge in [-0.1, -0.05) is 36.8 Å². The van der Waals surface area contributed by atoms with E-state index in [1.165, 1.54) is 16.9 Å². The van der Waals surface area contributed by atoms with E-state index in [-0.39, 0.29) is 11.7 Å². The molecule has 1 aromatic carbocycles. The lowest BCUT2D eigenvalue weighted by Crippen LogP contribution is -2.22. The van der Waals surface area contributed by atoms with Crippen molar-refractivity contribution in [3.8, 4) is 11.3 Å². The zero-order valence-corrected chi connectivity index (χ0v) is 14.2. The largest absolute Gasteiger partial charge is 0.259 e. The molecule has 0 saturated carbocycles. The van der Waals surface area contributed by atoms with E-state index in [2.05, 4.69) is 9.71 Å². The first-order chi connectivity index (χ1) is 9.89. The minimum absolute atomic E-state index is 0.00402. The molecule has 1 N–H and O–H groups in total. The monoisotopic (exact) mass is 344 g/mol. The predicted octanol–water partition coefficient (Wildman–Crippen LogP) is 3.74. The zero-order chi connectivity index (χ0) is 15.5. The summed E-state index contributed by atoms with van der Waals surface area (Å²) in [6.45, 7) is 3.81. The molecule has 0 aliphatic carbocycles. The Morgan fingerprint density at radius 2 is 2.00 bits per heavy atom. The van der Waals surface area contributed by atoms with Crippen LogP contribution in [-0.2, 0) is 10.0 Å². The summed E-state index contributed by atoms with van der Waals surface area (Å²) in [6, 6.07) is 7.94. The highest BCUT2D eigenvalue weighted by molar-refractivity contribution is 7.92. The molecule has 0 saturated heterocycles. The Hall–Kier alpha value is -1.11. The number of alkyl halides is 1. The van der Waals surface area contributed by atoms with Gasteiger partial charge in [-0.15, -0.1) is 22.9 Å². The Morgan fingerprint density at radius 3 is 2.62 bits per heavy atom. The number of nitrogens with zero attached hydrogens (tertiary/aromatic N) is 1. The van der Waals surface area contributed by atoms with Crippen LogP contribution in [0.2, 0.25) is 0 Å². The molecule has 0 radical (unpaired) electrons. The molecule has 1 aromatic heterocycles. The average molecular weight is 345 g/mol. The number of halogens is 1. The number of anilines is 1. The van der Waals surface area contributed by atoms with Gasteiger partial charge in [0.15, 0.2) is 5.13 Å². The number of aryl methyl sites for hydroxylation is 1. The van der Waals surface area contributed by atoms with E-state index in [1.54, 1.807) is 6.92 Å². The third-order valence-electron chi connectivity index (χ3n) is 2.86. The lowest BCUT2D eigenvalue weighted by atomic mass is 10.1. The second kappa shape index (κ2) is 6.77. The molecule has 0 amide bonds. The number of aromatic nitrogens is 1. The molecular weight excluding hydrogens is 328 g/mol. The molecule has 0 aliphatic rings. The first-order valence-electron chi connectivity index (χ1n) is 6.48. The van der Waals surface area contributed by atoms with Gasteiger partial charge in [0, 0.05) is 16.8 Å². The minimum atomic E-state index is -3.41. The van der Waals surface area contributed by atoms with Crippen LogP contribution in [0.5, 0.6) is 0 Å². The Kier molecular flexibility index (Phi) is 5.24. The van der Waals surface area contributed by atoms with Crippen LogP contribution in [0.15, 0.2) is 29.6 Å². The van der Waals surface area contributed by atoms with Gasteiger partial charge in [-0.3, -0.25) is 4.72 Å². The van der Waals surface area contributed by atoms with Crippen LogP contribution >= 0.6 is 22.9 Å². The van der Waals surface area contributed by atoms with Crippen LogP contribution in [0.4, 0.5) is 5.13 Å². The molecule has 1 atom stereocenters. The molecule has 0 spiro atoms. The molecule has 114 valence electrons. The highest BCUT2D eigenvalue weighted by Crippen LogP contribution is 2.26. The van der Waals surface area contributed by atoms with Crippen LogP contribution in [0.3, 0.4) is 0 Å². The summed E-state index contributed by atoms with van der Waals surface area (Å²) in [7, 11) is -3.41. The van der Waals surface area contributed by atoms with Crippen LogP contribution < -0.4 is 4.72 Å². The summed E-state index contributed by atoms with van der Waals surface area (Å²) in [5, 5.41) is 2.22. The van der Waals surface area contributed by atoms with E-state index in [9.17, 15) is 8.42 Å². The first-order valence-corrected chi connectivity index (χ1v) is 9.55. The Labute approximate surface area is 134 Å². The van der Waals surface area contributed by atoms with E-state index in [1.807, 2.05) is 36.6 Å². The van der Waals surface area contributed by atoms with Crippen molar-refractivity contribution < 1.29 is 8.42 Å². The summed E-state index contributed by atoms with van der Waals surface area (Å²) in [5.41, 5.74) is 2.91. The smallest absolute Gasteiger partial charge is 0.234 e. The number of hydrogen-bond acceptors (Lipinski definition) is 4. The second-order valence-corrected chi connectivity index (χ2v) is 7.98. The molecule has 0 fully saturated rings. The Bertz CT molecular complexity index is 696. The van der Waals surface area contributed by atoms with Gasteiger partial charge in [0.05, 0.1) is 11.4 Å². The van der Waals surface area contributed by atoms with E-state index >= 15 is 0 Å². The topological polar surface area (TPSA) is 59.1 Å². The van der Waals surface area contributed by atoms with Crippen molar-refractivity contribution in [1.29, 1.82) is 0 Å². The van der Waals surface area contributed by atoms with Crippen molar-refractivity contribution in [2.75, 3.05) is 16.4 Å².